The average molecular weight is 523 g/mol. The molecule has 0 radical (unpaired) electrons. The molecule has 3 aromatic rings. The van der Waals surface area contributed by atoms with Crippen LogP contribution in [0.15, 0.2) is 33.5 Å². The van der Waals surface area contributed by atoms with Crippen LogP contribution in [0.5, 0.6) is 0 Å². The lowest BCUT2D eigenvalue weighted by Crippen LogP contribution is -2.54. The maximum Gasteiger partial charge on any atom is 0.417 e. The van der Waals surface area contributed by atoms with Gasteiger partial charge in [0.25, 0.3) is 0 Å². The van der Waals surface area contributed by atoms with Crippen LogP contribution >= 0.6 is 0 Å². The number of aromatic nitrogens is 1. The first-order valence-corrected chi connectivity index (χ1v) is 12.5. The van der Waals surface area contributed by atoms with Gasteiger partial charge < -0.3 is 9.73 Å². The van der Waals surface area contributed by atoms with Gasteiger partial charge in [-0.2, -0.15) is 0 Å². The minimum absolute atomic E-state index is 0.0302. The number of fused-ring (bicyclic) bond motifs is 3. The second-order valence-corrected chi connectivity index (χ2v) is 10.4. The number of anilines is 1. The zero-order valence-corrected chi connectivity index (χ0v) is 20.0. The first-order chi connectivity index (χ1) is 17.7. The van der Waals surface area contributed by atoms with Gasteiger partial charge in [0.15, 0.2) is 11.9 Å². The molecule has 1 saturated carbocycles. The van der Waals surface area contributed by atoms with Gasteiger partial charge in [-0.3, -0.25) is 19.2 Å². The normalized spacial score (nSPS) is 23.7. The first-order valence-electron chi connectivity index (χ1n) is 12.5. The Morgan fingerprint density at radius 1 is 1.16 bits per heavy atom. The highest BCUT2D eigenvalue weighted by Crippen LogP contribution is 2.48. The lowest BCUT2D eigenvalue weighted by atomic mass is 9.86. The molecule has 11 heteroatoms. The molecule has 1 aliphatic carbocycles. The van der Waals surface area contributed by atoms with Crippen molar-refractivity contribution in [3.8, 4) is 0 Å². The van der Waals surface area contributed by atoms with E-state index in [4.69, 9.17) is 4.42 Å². The van der Waals surface area contributed by atoms with Gasteiger partial charge in [0, 0.05) is 49.4 Å². The van der Waals surface area contributed by atoms with E-state index in [9.17, 15) is 13.6 Å². The van der Waals surface area contributed by atoms with E-state index >= 15 is 13.2 Å². The summed E-state index contributed by atoms with van der Waals surface area (Å²) in [5, 5.41) is 3.09. The molecule has 3 aliphatic rings. The third-order valence-corrected chi connectivity index (χ3v) is 7.63. The monoisotopic (exact) mass is 522 g/mol. The molecular weight excluding hydrogens is 495 g/mol. The summed E-state index contributed by atoms with van der Waals surface area (Å²) in [6.45, 7) is 1.20. The number of likely N-dealkylation sites (tertiary alicyclic amines) is 1. The third-order valence-electron chi connectivity index (χ3n) is 7.63. The van der Waals surface area contributed by atoms with Crippen LogP contribution in [0.3, 0.4) is 0 Å². The van der Waals surface area contributed by atoms with E-state index in [2.05, 4.69) is 10.3 Å². The van der Waals surface area contributed by atoms with E-state index in [0.717, 1.165) is 0 Å². The highest BCUT2D eigenvalue weighted by molar-refractivity contribution is 5.78. The van der Waals surface area contributed by atoms with Crippen LogP contribution in [0.25, 0.3) is 11.1 Å². The van der Waals surface area contributed by atoms with Crippen molar-refractivity contribution in [1.29, 1.82) is 0 Å². The SMILES string of the molecule is O=c1[nH]c2ccc3c(c2o1)C[C@@H](F)N(CC1(F)CC1)[C@@H]3c1c(F)cc(NC2CN(CCCF)C2)cc1F. The summed E-state index contributed by atoms with van der Waals surface area (Å²) >= 11 is 0. The lowest BCUT2D eigenvalue weighted by molar-refractivity contribution is 0.0149. The van der Waals surface area contributed by atoms with E-state index in [0.29, 0.717) is 42.7 Å². The molecule has 1 saturated heterocycles. The van der Waals surface area contributed by atoms with Gasteiger partial charge in [0.05, 0.1) is 24.3 Å². The maximum atomic E-state index is 15.6. The molecular formula is C26H27F5N4O2. The minimum Gasteiger partial charge on any atom is -0.408 e. The topological polar surface area (TPSA) is 64.5 Å². The van der Waals surface area contributed by atoms with E-state index in [-0.39, 0.29) is 48.7 Å². The Morgan fingerprint density at radius 3 is 2.57 bits per heavy atom. The van der Waals surface area contributed by atoms with Crippen molar-refractivity contribution in [3.63, 3.8) is 0 Å². The second-order valence-electron chi connectivity index (χ2n) is 10.4. The van der Waals surface area contributed by atoms with Crippen molar-refractivity contribution in [2.24, 2.45) is 0 Å². The molecule has 1 aromatic heterocycles. The van der Waals surface area contributed by atoms with Gasteiger partial charge in [-0.25, -0.2) is 22.4 Å². The van der Waals surface area contributed by atoms with Crippen molar-refractivity contribution < 1.29 is 26.4 Å². The molecule has 198 valence electrons. The van der Waals surface area contributed by atoms with Crippen LogP contribution in [0.4, 0.5) is 27.6 Å². The number of rotatable bonds is 8. The fourth-order valence-electron chi connectivity index (χ4n) is 5.60. The molecule has 37 heavy (non-hydrogen) atoms. The molecule has 0 bridgehead atoms. The molecule has 2 N–H and O–H groups in total. The number of nitrogens with one attached hydrogen (secondary N) is 2. The van der Waals surface area contributed by atoms with Gasteiger partial charge in [-0.15, -0.1) is 0 Å². The average Bonchev–Trinajstić information content (AvgIpc) is 3.41. The number of oxazole rings is 1. The van der Waals surface area contributed by atoms with Crippen LogP contribution in [-0.4, -0.2) is 65.6 Å². The van der Waals surface area contributed by atoms with E-state index in [1.807, 2.05) is 4.90 Å². The molecule has 2 aliphatic heterocycles. The number of benzene rings is 2. The molecule has 2 aromatic carbocycles. The van der Waals surface area contributed by atoms with Gasteiger partial charge in [-0.05, 0) is 43.0 Å². The highest BCUT2D eigenvalue weighted by atomic mass is 19.2. The molecule has 2 fully saturated rings. The summed E-state index contributed by atoms with van der Waals surface area (Å²) in [4.78, 5) is 17.5. The molecule has 0 amide bonds. The highest BCUT2D eigenvalue weighted by Gasteiger charge is 2.50. The minimum atomic E-state index is -1.74. The lowest BCUT2D eigenvalue weighted by Gasteiger charge is -2.41. The second kappa shape index (κ2) is 9.13. The van der Waals surface area contributed by atoms with Crippen molar-refractivity contribution >= 4 is 16.8 Å². The Labute approximate surface area is 209 Å². The Morgan fingerprint density at radius 2 is 1.89 bits per heavy atom. The molecule has 3 heterocycles. The van der Waals surface area contributed by atoms with Crippen molar-refractivity contribution in [2.75, 3.05) is 38.2 Å². The van der Waals surface area contributed by atoms with Crippen LogP contribution in [-0.2, 0) is 6.42 Å². The van der Waals surface area contributed by atoms with Gasteiger partial charge >= 0.3 is 5.76 Å². The number of aromatic amines is 1. The van der Waals surface area contributed by atoms with Gasteiger partial charge in [0.1, 0.15) is 17.3 Å². The third kappa shape index (κ3) is 4.52. The largest absolute Gasteiger partial charge is 0.417 e. The Balaban J connectivity index is 1.36. The standard InChI is InChI=1S/C26H27F5N4O2/c27-6-1-7-34-11-15(12-34)32-14-8-18(28)22(19(29)9-14)23-16-2-3-20-24(37-25(36)33-20)17(16)10-21(30)35(23)13-26(31)4-5-26/h2-3,8-9,15,21,23,32H,1,4-7,10-13H2,(H,33,36)/t21-,23-/m0/s1. The van der Waals surface area contributed by atoms with Crippen LogP contribution in [0.2, 0.25) is 0 Å². The van der Waals surface area contributed by atoms with Gasteiger partial charge in [-0.1, -0.05) is 6.07 Å². The van der Waals surface area contributed by atoms with Crippen molar-refractivity contribution in [1.82, 2.24) is 14.8 Å². The fourth-order valence-corrected chi connectivity index (χ4v) is 5.60. The summed E-state index contributed by atoms with van der Waals surface area (Å²) < 4.78 is 79.3. The number of hydrogen-bond donors (Lipinski definition) is 2. The van der Waals surface area contributed by atoms with Gasteiger partial charge in [0.2, 0.25) is 0 Å². The molecule has 2 atom stereocenters. The van der Waals surface area contributed by atoms with E-state index in [1.165, 1.54) is 17.0 Å². The summed E-state index contributed by atoms with van der Waals surface area (Å²) in [5.41, 5.74) is -0.548. The van der Waals surface area contributed by atoms with Crippen LogP contribution in [0, 0.1) is 11.6 Å². The summed E-state index contributed by atoms with van der Waals surface area (Å²) in [6, 6.07) is 4.18. The summed E-state index contributed by atoms with van der Waals surface area (Å²) in [7, 11) is 0. The number of alkyl halides is 3. The number of halogens is 5. The molecule has 6 rings (SSSR count). The van der Waals surface area contributed by atoms with Crippen LogP contribution in [0.1, 0.15) is 42.0 Å². The summed E-state index contributed by atoms with van der Waals surface area (Å²) in [5.74, 6) is -2.48. The quantitative estimate of drug-likeness (QED) is 0.335. The van der Waals surface area contributed by atoms with Crippen molar-refractivity contribution in [2.45, 2.75) is 49.7 Å². The molecule has 0 spiro atoms. The fraction of sp³-hybridized carbons (Fsp3) is 0.500. The Hall–Kier alpha value is -2.92. The Bertz CT molecular complexity index is 1360. The summed E-state index contributed by atoms with van der Waals surface area (Å²) in [6.07, 6.45) is -0.974. The molecule has 0 unspecified atom stereocenters. The van der Waals surface area contributed by atoms with Crippen molar-refractivity contribution in [3.05, 3.63) is 63.1 Å². The molecule has 6 nitrogen and oxygen atoms in total. The smallest absolute Gasteiger partial charge is 0.408 e. The van der Waals surface area contributed by atoms with Crippen LogP contribution < -0.4 is 11.1 Å². The predicted molar refractivity (Wildman–Crippen MR) is 128 cm³/mol. The first kappa shape index (κ1) is 24.4. The number of hydrogen-bond acceptors (Lipinski definition) is 5. The number of H-pyrrole nitrogens is 1. The Kier molecular flexibility index (Phi) is 6.02. The van der Waals surface area contributed by atoms with E-state index in [1.54, 1.807) is 12.1 Å². The predicted octanol–water partition coefficient (Wildman–Crippen LogP) is 4.60. The zero-order valence-electron chi connectivity index (χ0n) is 20.0. The van der Waals surface area contributed by atoms with E-state index < -0.39 is 42.1 Å². The maximum absolute atomic E-state index is 15.6. The number of nitrogens with zero attached hydrogens (tertiary/aromatic N) is 2. The zero-order chi connectivity index (χ0) is 25.9.